The molecule has 29 heavy (non-hydrogen) atoms. The first-order valence-electron chi connectivity index (χ1n) is 9.02. The van der Waals surface area contributed by atoms with Crippen LogP contribution in [0.4, 0.5) is 0 Å². The summed E-state index contributed by atoms with van der Waals surface area (Å²) in [6.45, 7) is 3.44. The minimum Gasteiger partial charge on any atom is -0.495 e. The lowest BCUT2D eigenvalue weighted by atomic mass is 10.1. The molecule has 0 aliphatic carbocycles. The summed E-state index contributed by atoms with van der Waals surface area (Å²) in [5.41, 5.74) is 1.63. The first-order valence-corrected chi connectivity index (χ1v) is 10.5. The molecule has 0 aliphatic rings. The molecule has 0 bridgehead atoms. The number of pyridine rings is 1. The summed E-state index contributed by atoms with van der Waals surface area (Å²) >= 11 is 0. The van der Waals surface area contributed by atoms with Crippen LogP contribution in [0.3, 0.4) is 0 Å². The van der Waals surface area contributed by atoms with Gasteiger partial charge in [-0.2, -0.15) is 0 Å². The van der Waals surface area contributed by atoms with Gasteiger partial charge >= 0.3 is 5.97 Å². The fourth-order valence-corrected chi connectivity index (χ4v) is 4.34. The van der Waals surface area contributed by atoms with E-state index < -0.39 is 16.0 Å². The van der Waals surface area contributed by atoms with Crippen LogP contribution in [-0.4, -0.2) is 32.5 Å². The number of carbonyl (C=O) groups excluding carboxylic acids is 1. The average Bonchev–Trinajstić information content (AvgIpc) is 2.70. The Morgan fingerprint density at radius 3 is 2.62 bits per heavy atom. The summed E-state index contributed by atoms with van der Waals surface area (Å²) in [7, 11) is -2.48. The Kier molecular flexibility index (Phi) is 6.14. The SMILES string of the molecule is COc1ccc(C(=O)OCc2cccc3cccnc23)cc1S(=O)(=O)NC(C)C. The van der Waals surface area contributed by atoms with Crippen molar-refractivity contribution in [2.45, 2.75) is 31.4 Å². The molecular weight excluding hydrogens is 392 g/mol. The third-order valence-electron chi connectivity index (χ3n) is 4.15. The summed E-state index contributed by atoms with van der Waals surface area (Å²) in [4.78, 5) is 16.8. The van der Waals surface area contributed by atoms with Crippen molar-refractivity contribution in [3.63, 3.8) is 0 Å². The molecule has 0 fully saturated rings. The molecule has 0 radical (unpaired) electrons. The Morgan fingerprint density at radius 1 is 1.14 bits per heavy atom. The number of para-hydroxylation sites is 1. The zero-order valence-corrected chi connectivity index (χ0v) is 17.2. The summed E-state index contributed by atoms with van der Waals surface area (Å²) in [6, 6.07) is 13.2. The Bertz CT molecular complexity index is 1140. The molecule has 0 spiro atoms. The molecule has 0 atom stereocenters. The van der Waals surface area contributed by atoms with Crippen molar-refractivity contribution in [2.24, 2.45) is 0 Å². The average molecular weight is 414 g/mol. The maximum absolute atomic E-state index is 12.6. The first-order chi connectivity index (χ1) is 13.8. The fraction of sp³-hybridized carbons (Fsp3) is 0.238. The maximum Gasteiger partial charge on any atom is 0.338 e. The Labute approximate surface area is 169 Å². The molecule has 7 nitrogen and oxygen atoms in total. The number of hydrogen-bond acceptors (Lipinski definition) is 6. The number of rotatable bonds is 7. The van der Waals surface area contributed by atoms with Crippen molar-refractivity contribution < 1.29 is 22.7 Å². The molecule has 1 heterocycles. The summed E-state index contributed by atoms with van der Waals surface area (Å²) < 4.78 is 38.2. The van der Waals surface area contributed by atoms with Crippen molar-refractivity contribution in [2.75, 3.05) is 7.11 Å². The maximum atomic E-state index is 12.6. The van der Waals surface area contributed by atoms with E-state index in [1.807, 2.05) is 30.3 Å². The molecule has 1 N–H and O–H groups in total. The van der Waals surface area contributed by atoms with E-state index in [0.29, 0.717) is 0 Å². The summed E-state index contributed by atoms with van der Waals surface area (Å²) in [6.07, 6.45) is 1.68. The van der Waals surface area contributed by atoms with Crippen molar-refractivity contribution >= 4 is 26.9 Å². The Hall–Kier alpha value is -2.97. The summed E-state index contributed by atoms with van der Waals surface area (Å²) in [5, 5.41) is 0.943. The van der Waals surface area contributed by atoms with Gasteiger partial charge in [0.05, 0.1) is 18.2 Å². The normalized spacial score (nSPS) is 11.6. The van der Waals surface area contributed by atoms with E-state index >= 15 is 0 Å². The number of benzene rings is 2. The van der Waals surface area contributed by atoms with Crippen molar-refractivity contribution in [1.82, 2.24) is 9.71 Å². The second-order valence-electron chi connectivity index (χ2n) is 6.71. The molecule has 3 aromatic rings. The third kappa shape index (κ3) is 4.72. The molecule has 0 aliphatic heterocycles. The predicted octanol–water partition coefficient (Wildman–Crippen LogP) is 3.29. The van der Waals surface area contributed by atoms with Gasteiger partial charge in [0.2, 0.25) is 10.0 Å². The number of ether oxygens (including phenoxy) is 2. The van der Waals surface area contributed by atoms with Gasteiger partial charge in [-0.1, -0.05) is 24.3 Å². The van der Waals surface area contributed by atoms with E-state index in [4.69, 9.17) is 9.47 Å². The molecule has 3 rings (SSSR count). The molecule has 0 amide bonds. The highest BCUT2D eigenvalue weighted by Gasteiger charge is 2.23. The Morgan fingerprint density at radius 2 is 1.90 bits per heavy atom. The largest absolute Gasteiger partial charge is 0.495 e. The molecule has 2 aromatic carbocycles. The van der Waals surface area contributed by atoms with Crippen LogP contribution < -0.4 is 9.46 Å². The third-order valence-corrected chi connectivity index (χ3v) is 5.83. The van der Waals surface area contributed by atoms with E-state index in [-0.39, 0.29) is 28.9 Å². The lowest BCUT2D eigenvalue weighted by Crippen LogP contribution is -2.30. The number of methoxy groups -OCH3 is 1. The highest BCUT2D eigenvalue weighted by molar-refractivity contribution is 7.89. The van der Waals surface area contributed by atoms with Crippen LogP contribution in [0.5, 0.6) is 5.75 Å². The number of fused-ring (bicyclic) bond motifs is 1. The van der Waals surface area contributed by atoms with Crippen LogP contribution >= 0.6 is 0 Å². The van der Waals surface area contributed by atoms with Gasteiger partial charge in [-0.15, -0.1) is 0 Å². The van der Waals surface area contributed by atoms with E-state index in [9.17, 15) is 13.2 Å². The zero-order valence-electron chi connectivity index (χ0n) is 16.4. The minimum absolute atomic E-state index is 0.0194. The lowest BCUT2D eigenvalue weighted by molar-refractivity contribution is 0.0474. The van der Waals surface area contributed by atoms with Gasteiger partial charge < -0.3 is 9.47 Å². The van der Waals surface area contributed by atoms with Crippen LogP contribution in [0.1, 0.15) is 29.8 Å². The van der Waals surface area contributed by atoms with Crippen LogP contribution in [0.15, 0.2) is 59.6 Å². The number of nitrogens with one attached hydrogen (secondary N) is 1. The minimum atomic E-state index is -3.85. The van der Waals surface area contributed by atoms with Crippen LogP contribution in [0.2, 0.25) is 0 Å². The van der Waals surface area contributed by atoms with E-state index in [0.717, 1.165) is 16.5 Å². The standard InChI is InChI=1S/C21H22N2O5S/c1-14(2)23-29(25,26)19-12-16(9-10-18(19)27-3)21(24)28-13-17-7-4-6-15-8-5-11-22-20(15)17/h4-12,14,23H,13H2,1-3H3. The number of nitrogens with zero attached hydrogens (tertiary/aromatic N) is 1. The van der Waals surface area contributed by atoms with E-state index in [1.165, 1.54) is 25.3 Å². The number of carbonyl (C=O) groups is 1. The first kappa shape index (κ1) is 20.8. The predicted molar refractivity (Wildman–Crippen MR) is 109 cm³/mol. The summed E-state index contributed by atoms with van der Waals surface area (Å²) in [5.74, 6) is -0.491. The van der Waals surface area contributed by atoms with Crippen molar-refractivity contribution in [3.05, 3.63) is 65.9 Å². The molecule has 0 unspecified atom stereocenters. The molecule has 8 heteroatoms. The number of esters is 1. The second-order valence-corrected chi connectivity index (χ2v) is 8.39. The van der Waals surface area contributed by atoms with Crippen molar-refractivity contribution in [3.8, 4) is 5.75 Å². The quantitative estimate of drug-likeness (QED) is 0.596. The second kappa shape index (κ2) is 8.59. The molecule has 152 valence electrons. The topological polar surface area (TPSA) is 94.6 Å². The van der Waals surface area contributed by atoms with Gasteiger partial charge in [-0.25, -0.2) is 17.9 Å². The fourth-order valence-electron chi connectivity index (χ4n) is 2.90. The highest BCUT2D eigenvalue weighted by atomic mass is 32.2. The van der Waals surface area contributed by atoms with Crippen LogP contribution in [0.25, 0.3) is 10.9 Å². The molecule has 0 saturated carbocycles. The van der Waals surface area contributed by atoms with Gasteiger partial charge in [0.1, 0.15) is 17.3 Å². The van der Waals surface area contributed by atoms with E-state index in [1.54, 1.807) is 20.0 Å². The van der Waals surface area contributed by atoms with Gasteiger partial charge in [-0.3, -0.25) is 4.98 Å². The van der Waals surface area contributed by atoms with Crippen LogP contribution in [-0.2, 0) is 21.4 Å². The molecular formula is C21H22N2O5S. The van der Waals surface area contributed by atoms with Crippen molar-refractivity contribution in [1.29, 1.82) is 0 Å². The number of sulfonamides is 1. The highest BCUT2D eigenvalue weighted by Crippen LogP contribution is 2.26. The molecule has 0 saturated heterocycles. The van der Waals surface area contributed by atoms with Gasteiger partial charge in [0.15, 0.2) is 0 Å². The Balaban J connectivity index is 1.85. The van der Waals surface area contributed by atoms with Gasteiger partial charge in [-0.05, 0) is 38.1 Å². The monoisotopic (exact) mass is 414 g/mol. The zero-order chi connectivity index (χ0) is 21.0. The molecule has 1 aromatic heterocycles. The number of hydrogen-bond donors (Lipinski definition) is 1. The smallest absolute Gasteiger partial charge is 0.338 e. The van der Waals surface area contributed by atoms with Gasteiger partial charge in [0.25, 0.3) is 0 Å². The lowest BCUT2D eigenvalue weighted by Gasteiger charge is -2.14. The van der Waals surface area contributed by atoms with Gasteiger partial charge in [0, 0.05) is 23.2 Å². The number of aromatic nitrogens is 1. The van der Waals surface area contributed by atoms with Crippen LogP contribution in [0, 0.1) is 0 Å². The van der Waals surface area contributed by atoms with E-state index in [2.05, 4.69) is 9.71 Å².